The smallest absolute Gasteiger partial charge is 0.243 e. The summed E-state index contributed by atoms with van der Waals surface area (Å²) in [6, 6.07) is 1.87. The molecule has 0 amide bonds. The highest BCUT2D eigenvalue weighted by Gasteiger charge is 2.15. The lowest BCUT2D eigenvalue weighted by Crippen LogP contribution is -2.23. The van der Waals surface area contributed by atoms with E-state index >= 15 is 0 Å². The molecule has 0 aliphatic carbocycles. The molecule has 0 saturated carbocycles. The van der Waals surface area contributed by atoms with Gasteiger partial charge >= 0.3 is 0 Å². The quantitative estimate of drug-likeness (QED) is 0.807. The molecule has 20 heavy (non-hydrogen) atoms. The van der Waals surface area contributed by atoms with Crippen molar-refractivity contribution in [2.75, 3.05) is 11.9 Å². The molecule has 2 aromatic heterocycles. The third kappa shape index (κ3) is 3.98. The Balaban J connectivity index is 2.05. The fraction of sp³-hybridized carbons (Fsp3) is 0.273. The molecule has 6 nitrogen and oxygen atoms in total. The zero-order valence-corrected chi connectivity index (χ0v) is 13.8. The van der Waals surface area contributed by atoms with Gasteiger partial charge in [-0.25, -0.2) is 23.1 Å². The Morgan fingerprint density at radius 2 is 2.05 bits per heavy atom. The molecule has 2 N–H and O–H groups in total. The molecule has 0 spiro atoms. The summed E-state index contributed by atoms with van der Waals surface area (Å²) in [4.78, 5) is 8.87. The van der Waals surface area contributed by atoms with E-state index < -0.39 is 10.0 Å². The van der Waals surface area contributed by atoms with Crippen LogP contribution in [-0.4, -0.2) is 24.9 Å². The summed E-state index contributed by atoms with van der Waals surface area (Å²) in [7, 11) is -3.59. The Morgan fingerprint density at radius 1 is 1.35 bits per heavy atom. The first-order chi connectivity index (χ1) is 9.51. The fourth-order valence-corrected chi connectivity index (χ4v) is 3.78. The molecular formula is C11H13BrN4O2S2. The van der Waals surface area contributed by atoms with Crippen molar-refractivity contribution in [2.24, 2.45) is 0 Å². The zero-order chi connectivity index (χ0) is 14.6. The predicted molar refractivity (Wildman–Crippen MR) is 82.2 cm³/mol. The maximum Gasteiger partial charge on any atom is 0.243 e. The number of hydrogen-bond donors (Lipinski definition) is 2. The standard InChI is InChI=1S/C11H13BrN4O2S2/c1-2-13-11-14-5-10(6-15-11)20(17,18)16-4-9-3-8(12)7-19-9/h3,5-7,16H,2,4H2,1H3,(H,13,14,15). The van der Waals surface area contributed by atoms with Crippen LogP contribution in [0.2, 0.25) is 0 Å². The summed E-state index contributed by atoms with van der Waals surface area (Å²) in [5.74, 6) is 0.411. The van der Waals surface area contributed by atoms with Gasteiger partial charge in [-0.3, -0.25) is 0 Å². The maximum atomic E-state index is 12.1. The van der Waals surface area contributed by atoms with Gasteiger partial charge in [0.05, 0.1) is 12.4 Å². The van der Waals surface area contributed by atoms with Crippen LogP contribution in [0.3, 0.4) is 0 Å². The molecule has 0 aromatic carbocycles. The maximum absolute atomic E-state index is 12.1. The number of rotatable bonds is 6. The number of aromatic nitrogens is 2. The molecule has 108 valence electrons. The molecule has 0 aliphatic rings. The molecule has 0 unspecified atom stereocenters. The second-order valence-corrected chi connectivity index (χ2v) is 7.51. The van der Waals surface area contributed by atoms with Crippen LogP contribution in [0.15, 0.2) is 33.2 Å². The second kappa shape index (κ2) is 6.61. The molecule has 0 saturated heterocycles. The van der Waals surface area contributed by atoms with Crippen LogP contribution in [0.1, 0.15) is 11.8 Å². The second-order valence-electron chi connectivity index (χ2n) is 3.83. The molecule has 9 heteroatoms. The first-order valence-electron chi connectivity index (χ1n) is 5.80. The minimum atomic E-state index is -3.59. The number of hydrogen-bond acceptors (Lipinski definition) is 6. The van der Waals surface area contributed by atoms with Crippen LogP contribution >= 0.6 is 27.3 Å². The van der Waals surface area contributed by atoms with Crippen molar-refractivity contribution in [3.8, 4) is 0 Å². The van der Waals surface area contributed by atoms with E-state index in [1.165, 1.54) is 23.7 Å². The number of anilines is 1. The number of nitrogens with one attached hydrogen (secondary N) is 2. The van der Waals surface area contributed by atoms with Crippen LogP contribution in [-0.2, 0) is 16.6 Å². The van der Waals surface area contributed by atoms with Gasteiger partial charge in [0.25, 0.3) is 0 Å². The summed E-state index contributed by atoms with van der Waals surface area (Å²) in [5, 5.41) is 4.81. The third-order valence-corrected chi connectivity index (χ3v) is 5.38. The lowest BCUT2D eigenvalue weighted by Gasteiger charge is -2.06. The Hall–Kier alpha value is -1.03. The first kappa shape index (κ1) is 15.4. The minimum absolute atomic E-state index is 0.0507. The van der Waals surface area contributed by atoms with Gasteiger partial charge in [0, 0.05) is 27.8 Å². The number of nitrogens with zero attached hydrogens (tertiary/aromatic N) is 2. The molecule has 2 aromatic rings. The lowest BCUT2D eigenvalue weighted by atomic mass is 10.5. The highest BCUT2D eigenvalue weighted by molar-refractivity contribution is 9.10. The molecule has 0 radical (unpaired) electrons. The molecule has 2 heterocycles. The molecular weight excluding hydrogens is 364 g/mol. The lowest BCUT2D eigenvalue weighted by molar-refractivity contribution is 0.581. The SMILES string of the molecule is CCNc1ncc(S(=O)(=O)NCc2cc(Br)cs2)cn1. The third-order valence-electron chi connectivity index (χ3n) is 2.33. The summed E-state index contributed by atoms with van der Waals surface area (Å²) in [5.41, 5.74) is 0. The van der Waals surface area contributed by atoms with E-state index in [9.17, 15) is 8.42 Å². The monoisotopic (exact) mass is 376 g/mol. The zero-order valence-electron chi connectivity index (χ0n) is 10.6. The van der Waals surface area contributed by atoms with Crippen molar-refractivity contribution in [1.82, 2.24) is 14.7 Å². The summed E-state index contributed by atoms with van der Waals surface area (Å²) >= 11 is 4.81. The molecule has 0 atom stereocenters. The molecule has 2 rings (SSSR count). The molecule has 0 aliphatic heterocycles. The number of halogens is 1. The van der Waals surface area contributed by atoms with Crippen molar-refractivity contribution in [3.05, 3.63) is 33.2 Å². The summed E-state index contributed by atoms with van der Waals surface area (Å²) in [6.45, 7) is 2.83. The van der Waals surface area contributed by atoms with Crippen LogP contribution in [0.5, 0.6) is 0 Å². The van der Waals surface area contributed by atoms with Crippen LogP contribution < -0.4 is 10.0 Å². The predicted octanol–water partition coefficient (Wildman–Crippen LogP) is 2.21. The van der Waals surface area contributed by atoms with E-state index in [1.54, 1.807) is 0 Å². The Labute approximate surface area is 129 Å². The van der Waals surface area contributed by atoms with Crippen molar-refractivity contribution < 1.29 is 8.42 Å². The molecule has 0 fully saturated rings. The largest absolute Gasteiger partial charge is 0.355 e. The van der Waals surface area contributed by atoms with E-state index in [4.69, 9.17) is 0 Å². The van der Waals surface area contributed by atoms with Crippen LogP contribution in [0.25, 0.3) is 0 Å². The first-order valence-corrected chi connectivity index (χ1v) is 8.95. The number of thiophene rings is 1. The van der Waals surface area contributed by atoms with E-state index in [-0.39, 0.29) is 11.4 Å². The van der Waals surface area contributed by atoms with Gasteiger partial charge in [0.2, 0.25) is 16.0 Å². The topological polar surface area (TPSA) is 84.0 Å². The fourth-order valence-electron chi connectivity index (χ4n) is 1.40. The Kier molecular flexibility index (Phi) is 5.08. The van der Waals surface area contributed by atoms with Gasteiger partial charge in [0.1, 0.15) is 4.90 Å². The summed E-state index contributed by atoms with van der Waals surface area (Å²) in [6.07, 6.45) is 2.58. The van der Waals surface area contributed by atoms with Crippen LogP contribution in [0.4, 0.5) is 5.95 Å². The van der Waals surface area contributed by atoms with Gasteiger partial charge in [-0.1, -0.05) is 0 Å². The van der Waals surface area contributed by atoms with E-state index in [0.29, 0.717) is 12.5 Å². The number of sulfonamides is 1. The Bertz CT molecular complexity index is 670. The van der Waals surface area contributed by atoms with Crippen LogP contribution in [0, 0.1) is 0 Å². The van der Waals surface area contributed by atoms with Gasteiger partial charge in [-0.05, 0) is 28.9 Å². The average molecular weight is 377 g/mol. The van der Waals surface area contributed by atoms with Crippen molar-refractivity contribution in [3.63, 3.8) is 0 Å². The normalized spacial score (nSPS) is 11.5. The van der Waals surface area contributed by atoms with Gasteiger partial charge in [-0.15, -0.1) is 11.3 Å². The Morgan fingerprint density at radius 3 is 2.60 bits per heavy atom. The average Bonchev–Trinajstić information content (AvgIpc) is 2.84. The van der Waals surface area contributed by atoms with E-state index in [2.05, 4.69) is 35.9 Å². The highest BCUT2D eigenvalue weighted by Crippen LogP contribution is 2.20. The van der Waals surface area contributed by atoms with E-state index in [1.807, 2.05) is 18.4 Å². The minimum Gasteiger partial charge on any atom is -0.355 e. The van der Waals surface area contributed by atoms with Gasteiger partial charge in [0.15, 0.2) is 0 Å². The van der Waals surface area contributed by atoms with Crippen molar-refractivity contribution in [2.45, 2.75) is 18.4 Å². The van der Waals surface area contributed by atoms with Crippen molar-refractivity contribution in [1.29, 1.82) is 0 Å². The molecule has 0 bridgehead atoms. The van der Waals surface area contributed by atoms with Crippen molar-refractivity contribution >= 4 is 43.2 Å². The summed E-state index contributed by atoms with van der Waals surface area (Å²) < 4.78 is 27.6. The van der Waals surface area contributed by atoms with Gasteiger partial charge in [-0.2, -0.15) is 0 Å². The van der Waals surface area contributed by atoms with Gasteiger partial charge < -0.3 is 5.32 Å². The highest BCUT2D eigenvalue weighted by atomic mass is 79.9. The van der Waals surface area contributed by atoms with E-state index in [0.717, 1.165) is 9.35 Å².